The number of aromatic nitrogens is 1. The maximum atomic E-state index is 12.3. The van der Waals surface area contributed by atoms with Crippen LogP contribution < -0.4 is 10.6 Å². The molecule has 27 heavy (non-hydrogen) atoms. The number of halogens is 1. The van der Waals surface area contributed by atoms with Crippen LogP contribution in [0, 0.1) is 5.92 Å². The number of carbonyl (C=O) groups is 3. The zero-order valence-electron chi connectivity index (χ0n) is 14.9. The van der Waals surface area contributed by atoms with Gasteiger partial charge in [-0.25, -0.2) is 9.78 Å². The first-order valence-electron chi connectivity index (χ1n) is 8.30. The third-order valence-electron chi connectivity index (χ3n) is 3.58. The number of amides is 2. The summed E-state index contributed by atoms with van der Waals surface area (Å²) in [7, 11) is 0. The second-order valence-corrected chi connectivity index (χ2v) is 6.52. The molecule has 8 heteroatoms. The van der Waals surface area contributed by atoms with Crippen LogP contribution in [0.4, 0.5) is 5.82 Å². The number of hydrogen-bond acceptors (Lipinski definition) is 5. The fraction of sp³-hybridized carbons (Fsp3) is 0.263. The van der Waals surface area contributed by atoms with Crippen LogP contribution in [-0.2, 0) is 14.3 Å². The number of anilines is 1. The molecule has 0 aliphatic heterocycles. The number of benzene rings is 1. The molecular formula is C19H20ClN3O4. The molecule has 0 fully saturated rings. The van der Waals surface area contributed by atoms with Crippen LogP contribution >= 0.6 is 11.6 Å². The molecule has 1 heterocycles. The highest BCUT2D eigenvalue weighted by Crippen LogP contribution is 2.10. The summed E-state index contributed by atoms with van der Waals surface area (Å²) in [4.78, 5) is 40.4. The van der Waals surface area contributed by atoms with Crippen LogP contribution in [0.25, 0.3) is 0 Å². The molecule has 0 spiro atoms. The molecule has 142 valence electrons. The molecule has 1 atom stereocenters. The molecule has 0 saturated heterocycles. The Bertz CT molecular complexity index is 794. The summed E-state index contributed by atoms with van der Waals surface area (Å²) in [5.74, 6) is -1.55. The average Bonchev–Trinajstić information content (AvgIpc) is 2.66. The lowest BCUT2D eigenvalue weighted by molar-refractivity contribution is -0.150. The Labute approximate surface area is 162 Å². The van der Waals surface area contributed by atoms with E-state index in [9.17, 15) is 14.4 Å². The predicted molar refractivity (Wildman–Crippen MR) is 101 cm³/mol. The Morgan fingerprint density at radius 3 is 2.41 bits per heavy atom. The van der Waals surface area contributed by atoms with Crippen LogP contribution in [0.2, 0.25) is 5.02 Å². The van der Waals surface area contributed by atoms with E-state index in [0.29, 0.717) is 16.4 Å². The van der Waals surface area contributed by atoms with Gasteiger partial charge in [0, 0.05) is 11.8 Å². The second-order valence-electron chi connectivity index (χ2n) is 6.08. The molecule has 1 aromatic carbocycles. The normalized spacial score (nSPS) is 11.6. The van der Waals surface area contributed by atoms with Gasteiger partial charge in [-0.15, -0.1) is 0 Å². The lowest BCUT2D eigenvalue weighted by atomic mass is 10.0. The molecular weight excluding hydrogens is 370 g/mol. The van der Waals surface area contributed by atoms with E-state index in [4.69, 9.17) is 16.3 Å². The number of ether oxygens (including phenoxy) is 1. The van der Waals surface area contributed by atoms with E-state index in [0.717, 1.165) is 0 Å². The van der Waals surface area contributed by atoms with Crippen LogP contribution in [0.5, 0.6) is 0 Å². The van der Waals surface area contributed by atoms with Gasteiger partial charge in [0.05, 0.1) is 5.02 Å². The van der Waals surface area contributed by atoms with Gasteiger partial charge in [-0.3, -0.25) is 9.59 Å². The van der Waals surface area contributed by atoms with Crippen molar-refractivity contribution in [1.29, 1.82) is 0 Å². The summed E-state index contributed by atoms with van der Waals surface area (Å²) < 4.78 is 5.04. The van der Waals surface area contributed by atoms with Gasteiger partial charge < -0.3 is 15.4 Å². The number of esters is 1. The standard InChI is InChI=1S/C19H20ClN3O4/c1-12(2)17(23-18(25)13-6-4-3-5-7-13)19(26)27-11-16(24)22-15-9-8-14(20)10-21-15/h3-10,12,17H,11H2,1-2H3,(H,23,25)(H,21,22,24)/t17-/m0/s1. The van der Waals surface area contributed by atoms with Crippen molar-refractivity contribution in [3.8, 4) is 0 Å². The highest BCUT2D eigenvalue weighted by molar-refractivity contribution is 6.30. The first-order valence-corrected chi connectivity index (χ1v) is 8.68. The second kappa shape index (κ2) is 9.68. The molecule has 2 N–H and O–H groups in total. The first kappa shape index (κ1) is 20.4. The molecule has 0 saturated carbocycles. The van der Waals surface area contributed by atoms with Crippen LogP contribution in [-0.4, -0.2) is 35.4 Å². The zero-order chi connectivity index (χ0) is 19.8. The van der Waals surface area contributed by atoms with E-state index in [1.54, 1.807) is 50.2 Å². The minimum Gasteiger partial charge on any atom is -0.454 e. The van der Waals surface area contributed by atoms with Crippen molar-refractivity contribution in [3.63, 3.8) is 0 Å². The number of nitrogens with one attached hydrogen (secondary N) is 2. The molecule has 0 bridgehead atoms. The number of hydrogen-bond donors (Lipinski definition) is 2. The molecule has 0 aliphatic rings. The third kappa shape index (κ3) is 6.38. The van der Waals surface area contributed by atoms with E-state index in [1.165, 1.54) is 12.3 Å². The highest BCUT2D eigenvalue weighted by Gasteiger charge is 2.26. The average molecular weight is 390 g/mol. The smallest absolute Gasteiger partial charge is 0.329 e. The fourth-order valence-corrected chi connectivity index (χ4v) is 2.28. The summed E-state index contributed by atoms with van der Waals surface area (Å²) in [5, 5.41) is 5.56. The van der Waals surface area contributed by atoms with Crippen LogP contribution in [0.3, 0.4) is 0 Å². The Hall–Kier alpha value is -2.93. The quantitative estimate of drug-likeness (QED) is 0.709. The number of pyridine rings is 1. The molecule has 0 radical (unpaired) electrons. The zero-order valence-corrected chi connectivity index (χ0v) is 15.7. The van der Waals surface area contributed by atoms with Crippen molar-refractivity contribution in [2.75, 3.05) is 11.9 Å². The van der Waals surface area contributed by atoms with Crippen molar-refractivity contribution in [3.05, 3.63) is 59.2 Å². The van der Waals surface area contributed by atoms with Crippen LogP contribution in [0.15, 0.2) is 48.7 Å². The molecule has 1 aromatic heterocycles. The molecule has 0 aliphatic carbocycles. The predicted octanol–water partition coefficient (Wildman–Crippen LogP) is 2.67. The fourth-order valence-electron chi connectivity index (χ4n) is 2.17. The summed E-state index contributed by atoms with van der Waals surface area (Å²) in [6.07, 6.45) is 1.39. The van der Waals surface area contributed by atoms with Gasteiger partial charge in [0.2, 0.25) is 0 Å². The molecule has 7 nitrogen and oxygen atoms in total. The topological polar surface area (TPSA) is 97.4 Å². The van der Waals surface area contributed by atoms with Gasteiger partial charge in [0.25, 0.3) is 11.8 Å². The molecule has 2 aromatic rings. The summed E-state index contributed by atoms with van der Waals surface area (Å²) in [5.41, 5.74) is 0.433. The lowest BCUT2D eigenvalue weighted by Crippen LogP contribution is -2.45. The number of nitrogens with zero attached hydrogens (tertiary/aromatic N) is 1. The molecule has 2 rings (SSSR count). The van der Waals surface area contributed by atoms with E-state index in [2.05, 4.69) is 15.6 Å². The van der Waals surface area contributed by atoms with Crippen molar-refractivity contribution in [1.82, 2.24) is 10.3 Å². The summed E-state index contributed by atoms with van der Waals surface area (Å²) >= 11 is 5.72. The van der Waals surface area contributed by atoms with Gasteiger partial charge >= 0.3 is 5.97 Å². The van der Waals surface area contributed by atoms with Crippen molar-refractivity contribution >= 4 is 35.2 Å². The largest absolute Gasteiger partial charge is 0.454 e. The first-order chi connectivity index (χ1) is 12.9. The maximum absolute atomic E-state index is 12.3. The summed E-state index contributed by atoms with van der Waals surface area (Å²) in [6.45, 7) is 3.05. The van der Waals surface area contributed by atoms with Crippen molar-refractivity contribution < 1.29 is 19.1 Å². The number of carbonyl (C=O) groups excluding carboxylic acids is 3. The minimum absolute atomic E-state index is 0.217. The van der Waals surface area contributed by atoms with Gasteiger partial charge in [-0.1, -0.05) is 43.6 Å². The Balaban J connectivity index is 1.89. The SMILES string of the molecule is CC(C)[C@H](NC(=O)c1ccccc1)C(=O)OCC(=O)Nc1ccc(Cl)cn1. The van der Waals surface area contributed by atoms with Gasteiger partial charge in [0.15, 0.2) is 6.61 Å². The van der Waals surface area contributed by atoms with Crippen molar-refractivity contribution in [2.45, 2.75) is 19.9 Å². The van der Waals surface area contributed by atoms with E-state index in [-0.39, 0.29) is 11.8 Å². The Morgan fingerprint density at radius 1 is 1.11 bits per heavy atom. The van der Waals surface area contributed by atoms with Crippen molar-refractivity contribution in [2.24, 2.45) is 5.92 Å². The number of rotatable bonds is 7. The lowest BCUT2D eigenvalue weighted by Gasteiger charge is -2.20. The molecule has 0 unspecified atom stereocenters. The highest BCUT2D eigenvalue weighted by atomic mass is 35.5. The van der Waals surface area contributed by atoms with Gasteiger partial charge in [0.1, 0.15) is 11.9 Å². The Kier molecular flexibility index (Phi) is 7.31. The van der Waals surface area contributed by atoms with E-state index < -0.39 is 24.5 Å². The van der Waals surface area contributed by atoms with Crippen LogP contribution in [0.1, 0.15) is 24.2 Å². The van der Waals surface area contributed by atoms with E-state index in [1.807, 2.05) is 0 Å². The summed E-state index contributed by atoms with van der Waals surface area (Å²) in [6, 6.07) is 10.8. The van der Waals surface area contributed by atoms with E-state index >= 15 is 0 Å². The molecule has 2 amide bonds. The minimum atomic E-state index is -0.876. The monoisotopic (exact) mass is 389 g/mol. The third-order valence-corrected chi connectivity index (χ3v) is 3.81. The van der Waals surface area contributed by atoms with Gasteiger partial charge in [-0.05, 0) is 30.2 Å². The van der Waals surface area contributed by atoms with Gasteiger partial charge in [-0.2, -0.15) is 0 Å². The Morgan fingerprint density at radius 2 is 1.81 bits per heavy atom. The maximum Gasteiger partial charge on any atom is 0.329 e.